The van der Waals surface area contributed by atoms with Crippen molar-refractivity contribution in [2.45, 2.75) is 4.90 Å². The van der Waals surface area contributed by atoms with Crippen LogP contribution in [0, 0.1) is 10.1 Å². The zero-order valence-corrected chi connectivity index (χ0v) is 11.5. The standard InChI is InChI=1S/C10H11NO6S2/c1-19(16,17)5-4-18-9-6-7(10(12)13)2-3-8(9)11(14)15/h2-3,6H,4-5H2,1H3,(H,12,13). The molecule has 0 amide bonds. The van der Waals surface area contributed by atoms with Gasteiger partial charge in [-0.2, -0.15) is 0 Å². The number of aromatic carboxylic acids is 1. The summed E-state index contributed by atoms with van der Waals surface area (Å²) in [5.41, 5.74) is -0.309. The Morgan fingerprint density at radius 3 is 2.58 bits per heavy atom. The topological polar surface area (TPSA) is 115 Å². The van der Waals surface area contributed by atoms with Crippen molar-refractivity contribution in [1.29, 1.82) is 0 Å². The summed E-state index contributed by atoms with van der Waals surface area (Å²) in [6.07, 6.45) is 1.07. The van der Waals surface area contributed by atoms with Gasteiger partial charge in [0, 0.05) is 18.1 Å². The van der Waals surface area contributed by atoms with Crippen molar-refractivity contribution in [3.05, 3.63) is 33.9 Å². The lowest BCUT2D eigenvalue weighted by Crippen LogP contribution is -2.05. The first kappa shape index (κ1) is 15.4. The lowest BCUT2D eigenvalue weighted by molar-refractivity contribution is -0.387. The van der Waals surface area contributed by atoms with Gasteiger partial charge in [0.15, 0.2) is 0 Å². The molecule has 1 N–H and O–H groups in total. The summed E-state index contributed by atoms with van der Waals surface area (Å²) in [4.78, 5) is 21.1. The van der Waals surface area contributed by atoms with Crippen molar-refractivity contribution in [3.63, 3.8) is 0 Å². The molecule has 1 aromatic carbocycles. The van der Waals surface area contributed by atoms with Crippen LogP contribution in [-0.2, 0) is 9.84 Å². The Morgan fingerprint density at radius 1 is 1.47 bits per heavy atom. The Hall–Kier alpha value is -1.61. The summed E-state index contributed by atoms with van der Waals surface area (Å²) in [5, 5.41) is 19.6. The van der Waals surface area contributed by atoms with Gasteiger partial charge >= 0.3 is 5.97 Å². The summed E-state index contributed by atoms with van der Waals surface area (Å²) in [5.74, 6) is -1.20. The van der Waals surface area contributed by atoms with Crippen LogP contribution in [0.25, 0.3) is 0 Å². The normalized spacial score (nSPS) is 11.2. The lowest BCUT2D eigenvalue weighted by atomic mass is 10.2. The fourth-order valence-corrected chi connectivity index (χ4v) is 3.48. The molecule has 0 aliphatic heterocycles. The van der Waals surface area contributed by atoms with E-state index in [0.717, 1.165) is 30.2 Å². The molecular formula is C10H11NO6S2. The molecule has 1 rings (SSSR count). The third-order valence-electron chi connectivity index (χ3n) is 2.12. The summed E-state index contributed by atoms with van der Waals surface area (Å²) < 4.78 is 21.9. The zero-order valence-electron chi connectivity index (χ0n) is 9.90. The molecule has 7 nitrogen and oxygen atoms in total. The van der Waals surface area contributed by atoms with E-state index in [2.05, 4.69) is 0 Å². The number of rotatable bonds is 6. The Labute approximate surface area is 113 Å². The van der Waals surface area contributed by atoms with Gasteiger partial charge in [-0.1, -0.05) is 0 Å². The van der Waals surface area contributed by atoms with E-state index in [-0.39, 0.29) is 27.7 Å². The maximum atomic E-state index is 11.0. The van der Waals surface area contributed by atoms with Gasteiger partial charge in [0.2, 0.25) is 0 Å². The number of hydrogen-bond acceptors (Lipinski definition) is 6. The van der Waals surface area contributed by atoms with Crippen LogP contribution in [0.15, 0.2) is 23.1 Å². The van der Waals surface area contributed by atoms with E-state index in [4.69, 9.17) is 5.11 Å². The molecule has 104 valence electrons. The molecule has 0 fully saturated rings. The maximum absolute atomic E-state index is 11.0. The number of nitrogens with zero attached hydrogens (tertiary/aromatic N) is 1. The second-order valence-electron chi connectivity index (χ2n) is 3.72. The molecule has 0 radical (unpaired) electrons. The molecule has 0 aliphatic rings. The Kier molecular flexibility index (Phi) is 4.90. The monoisotopic (exact) mass is 305 g/mol. The first-order valence-electron chi connectivity index (χ1n) is 5.03. The smallest absolute Gasteiger partial charge is 0.335 e. The highest BCUT2D eigenvalue weighted by Crippen LogP contribution is 2.30. The molecule has 9 heteroatoms. The summed E-state index contributed by atoms with van der Waals surface area (Å²) in [6, 6.07) is 3.42. The van der Waals surface area contributed by atoms with E-state index in [1.807, 2.05) is 0 Å². The van der Waals surface area contributed by atoms with Crippen molar-refractivity contribution in [2.75, 3.05) is 17.8 Å². The average molecular weight is 305 g/mol. The van der Waals surface area contributed by atoms with Crippen LogP contribution in [-0.4, -0.2) is 42.2 Å². The summed E-state index contributed by atoms with van der Waals surface area (Å²) in [7, 11) is -3.16. The zero-order chi connectivity index (χ0) is 14.6. The number of carboxylic acids is 1. The van der Waals surface area contributed by atoms with E-state index < -0.39 is 20.7 Å². The molecule has 0 heterocycles. The number of nitro benzene ring substituents is 1. The third kappa shape index (κ3) is 4.87. The van der Waals surface area contributed by atoms with Gasteiger partial charge in [0.1, 0.15) is 9.84 Å². The number of carbonyl (C=O) groups is 1. The van der Waals surface area contributed by atoms with Crippen molar-refractivity contribution in [3.8, 4) is 0 Å². The van der Waals surface area contributed by atoms with Crippen LogP contribution >= 0.6 is 11.8 Å². The second kappa shape index (κ2) is 6.02. The van der Waals surface area contributed by atoms with E-state index >= 15 is 0 Å². The highest BCUT2D eigenvalue weighted by Gasteiger charge is 2.17. The number of benzene rings is 1. The van der Waals surface area contributed by atoms with Gasteiger partial charge in [0.25, 0.3) is 5.69 Å². The van der Waals surface area contributed by atoms with Gasteiger partial charge in [-0.05, 0) is 12.1 Å². The van der Waals surface area contributed by atoms with Crippen LogP contribution in [0.1, 0.15) is 10.4 Å². The number of thioether (sulfide) groups is 1. The summed E-state index contributed by atoms with van der Waals surface area (Å²) >= 11 is 0.950. The van der Waals surface area contributed by atoms with Gasteiger partial charge < -0.3 is 5.11 Å². The Morgan fingerprint density at radius 2 is 2.11 bits per heavy atom. The van der Waals surface area contributed by atoms with Crippen molar-refractivity contribution in [1.82, 2.24) is 0 Å². The van der Waals surface area contributed by atoms with E-state index in [0.29, 0.717) is 0 Å². The third-order valence-corrected chi connectivity index (χ3v) is 4.37. The minimum Gasteiger partial charge on any atom is -0.478 e. The Bertz CT molecular complexity index is 610. The van der Waals surface area contributed by atoms with Gasteiger partial charge in [-0.15, -0.1) is 11.8 Å². The second-order valence-corrected chi connectivity index (χ2v) is 7.12. The lowest BCUT2D eigenvalue weighted by Gasteiger charge is -2.04. The van der Waals surface area contributed by atoms with Gasteiger partial charge in [0.05, 0.1) is 21.1 Å². The van der Waals surface area contributed by atoms with Crippen LogP contribution < -0.4 is 0 Å². The number of nitro groups is 1. The van der Waals surface area contributed by atoms with Crippen molar-refractivity contribution >= 4 is 33.3 Å². The fourth-order valence-electron chi connectivity index (χ4n) is 1.22. The SMILES string of the molecule is CS(=O)(=O)CCSc1cc(C(=O)O)ccc1[N+](=O)[O-]. The van der Waals surface area contributed by atoms with Crippen LogP contribution in [0.2, 0.25) is 0 Å². The first-order valence-corrected chi connectivity index (χ1v) is 8.07. The molecule has 0 bridgehead atoms. The number of hydrogen-bond donors (Lipinski definition) is 1. The van der Waals surface area contributed by atoms with Crippen molar-refractivity contribution in [2.24, 2.45) is 0 Å². The number of carboxylic acid groups (broad SMARTS) is 1. The highest BCUT2D eigenvalue weighted by molar-refractivity contribution is 8.00. The van der Waals surface area contributed by atoms with Gasteiger partial charge in [-0.25, -0.2) is 13.2 Å². The molecule has 19 heavy (non-hydrogen) atoms. The van der Waals surface area contributed by atoms with Crippen molar-refractivity contribution < 1.29 is 23.2 Å². The fraction of sp³-hybridized carbons (Fsp3) is 0.300. The molecule has 0 atom stereocenters. The number of sulfone groups is 1. The maximum Gasteiger partial charge on any atom is 0.335 e. The molecule has 0 saturated carbocycles. The Balaban J connectivity index is 2.98. The molecule has 0 aromatic heterocycles. The predicted octanol–water partition coefficient (Wildman–Crippen LogP) is 1.43. The molecule has 1 aromatic rings. The average Bonchev–Trinajstić information content (AvgIpc) is 2.26. The molecule has 0 saturated heterocycles. The first-order chi connectivity index (χ1) is 8.70. The van der Waals surface area contributed by atoms with Crippen LogP contribution in [0.5, 0.6) is 0 Å². The quantitative estimate of drug-likeness (QED) is 0.480. The minimum absolute atomic E-state index is 0.0764. The summed E-state index contributed by atoms with van der Waals surface area (Å²) in [6.45, 7) is 0. The van der Waals surface area contributed by atoms with Crippen LogP contribution in [0.4, 0.5) is 5.69 Å². The van der Waals surface area contributed by atoms with E-state index in [1.165, 1.54) is 6.07 Å². The molecule has 0 aliphatic carbocycles. The molecular weight excluding hydrogens is 294 g/mol. The predicted molar refractivity (Wildman–Crippen MR) is 70.5 cm³/mol. The van der Waals surface area contributed by atoms with Crippen LogP contribution in [0.3, 0.4) is 0 Å². The highest BCUT2D eigenvalue weighted by atomic mass is 32.2. The molecule has 0 spiro atoms. The van der Waals surface area contributed by atoms with Gasteiger partial charge in [-0.3, -0.25) is 10.1 Å². The minimum atomic E-state index is -3.16. The molecule has 0 unspecified atom stereocenters. The largest absolute Gasteiger partial charge is 0.478 e. The van der Waals surface area contributed by atoms with E-state index in [9.17, 15) is 23.3 Å². The van der Waals surface area contributed by atoms with E-state index in [1.54, 1.807) is 0 Å².